The van der Waals surface area contributed by atoms with E-state index in [0.717, 1.165) is 23.3 Å². The minimum absolute atomic E-state index is 0.268. The summed E-state index contributed by atoms with van der Waals surface area (Å²) in [6, 6.07) is 5.61. The summed E-state index contributed by atoms with van der Waals surface area (Å²) in [6.45, 7) is 1.91. The molecule has 3 N–H and O–H groups in total. The van der Waals surface area contributed by atoms with Crippen LogP contribution in [0.25, 0.3) is 0 Å². The van der Waals surface area contributed by atoms with E-state index in [2.05, 4.69) is 10.3 Å². The summed E-state index contributed by atoms with van der Waals surface area (Å²) in [5.74, 6) is 0.0392. The van der Waals surface area contributed by atoms with Gasteiger partial charge < -0.3 is 10.2 Å². The normalized spacial score (nSPS) is 13.4. The second kappa shape index (κ2) is 6.29. The van der Waals surface area contributed by atoms with Crippen LogP contribution in [0.15, 0.2) is 29.8 Å². The van der Waals surface area contributed by atoms with Crippen molar-refractivity contribution in [3.8, 4) is 0 Å². The van der Waals surface area contributed by atoms with E-state index in [-0.39, 0.29) is 11.9 Å². The van der Waals surface area contributed by atoms with Gasteiger partial charge in [0.05, 0.1) is 16.9 Å². The molecule has 23 heavy (non-hydrogen) atoms. The van der Waals surface area contributed by atoms with Gasteiger partial charge in [-0.15, -0.1) is 11.3 Å². The average molecular weight is 327 g/mol. The number of amides is 1. The van der Waals surface area contributed by atoms with Gasteiger partial charge in [0.15, 0.2) is 0 Å². The lowest BCUT2D eigenvalue weighted by Gasteiger charge is -2.17. The molecule has 2 aromatic rings. The number of nitrogens with one attached hydrogen (secondary N) is 3. The van der Waals surface area contributed by atoms with Crippen LogP contribution in [-0.4, -0.2) is 34.0 Å². The standard InChI is InChI=1S/C16H17N5OS/c1-10-4-5-19-13(6-10)16(22)20-11-7-14(23-8-11)15(18)21(9-17)12-2-3-12/h4-9,12,17-18H,2-3H2,1H3,(H,20,22). The van der Waals surface area contributed by atoms with E-state index in [9.17, 15) is 4.79 Å². The van der Waals surface area contributed by atoms with Gasteiger partial charge in [-0.2, -0.15) is 0 Å². The Balaban J connectivity index is 1.70. The third kappa shape index (κ3) is 3.45. The molecule has 2 heterocycles. The van der Waals surface area contributed by atoms with E-state index in [1.807, 2.05) is 13.0 Å². The number of carbonyl (C=O) groups is 1. The van der Waals surface area contributed by atoms with Gasteiger partial charge in [0.2, 0.25) is 0 Å². The lowest BCUT2D eigenvalue weighted by Crippen LogP contribution is -2.30. The Labute approximate surface area is 138 Å². The van der Waals surface area contributed by atoms with E-state index in [4.69, 9.17) is 10.8 Å². The summed E-state index contributed by atoms with van der Waals surface area (Å²) < 4.78 is 0. The van der Waals surface area contributed by atoms with Gasteiger partial charge in [-0.05, 0) is 43.5 Å². The number of hydrogen-bond donors (Lipinski definition) is 3. The highest BCUT2D eigenvalue weighted by atomic mass is 32.1. The number of nitrogens with zero attached hydrogens (tertiary/aromatic N) is 2. The predicted molar refractivity (Wildman–Crippen MR) is 91.7 cm³/mol. The minimum atomic E-state index is -0.268. The van der Waals surface area contributed by atoms with Crippen LogP contribution in [0.5, 0.6) is 0 Å². The fourth-order valence-electron chi connectivity index (χ4n) is 2.21. The smallest absolute Gasteiger partial charge is 0.274 e. The van der Waals surface area contributed by atoms with Crippen molar-refractivity contribution in [1.29, 1.82) is 10.8 Å². The summed E-state index contributed by atoms with van der Waals surface area (Å²) in [7, 11) is 0. The fraction of sp³-hybridized carbons (Fsp3) is 0.250. The van der Waals surface area contributed by atoms with Crippen LogP contribution in [0.2, 0.25) is 0 Å². The molecule has 6 nitrogen and oxygen atoms in total. The minimum Gasteiger partial charge on any atom is -0.320 e. The Morgan fingerprint density at radius 1 is 1.48 bits per heavy atom. The summed E-state index contributed by atoms with van der Waals surface area (Å²) in [4.78, 5) is 18.6. The Morgan fingerprint density at radius 2 is 2.26 bits per heavy atom. The molecule has 0 saturated heterocycles. The molecule has 1 fully saturated rings. The van der Waals surface area contributed by atoms with Crippen molar-refractivity contribution >= 4 is 35.1 Å². The van der Waals surface area contributed by atoms with Crippen molar-refractivity contribution in [2.45, 2.75) is 25.8 Å². The second-order valence-electron chi connectivity index (χ2n) is 5.49. The number of thiophene rings is 1. The Hall–Kier alpha value is -2.54. The van der Waals surface area contributed by atoms with Gasteiger partial charge >= 0.3 is 0 Å². The molecular weight excluding hydrogens is 310 g/mol. The molecule has 1 aliphatic carbocycles. The molecule has 3 rings (SSSR count). The molecule has 7 heteroatoms. The zero-order valence-electron chi connectivity index (χ0n) is 12.7. The zero-order valence-corrected chi connectivity index (χ0v) is 13.5. The molecule has 1 saturated carbocycles. The highest BCUT2D eigenvalue weighted by molar-refractivity contribution is 7.12. The highest BCUT2D eigenvalue weighted by Crippen LogP contribution is 2.29. The fourth-order valence-corrected chi connectivity index (χ4v) is 3.01. The molecule has 118 valence electrons. The van der Waals surface area contributed by atoms with Crippen LogP contribution in [0.4, 0.5) is 5.69 Å². The number of anilines is 1. The van der Waals surface area contributed by atoms with Crippen LogP contribution in [0.1, 0.15) is 33.8 Å². The van der Waals surface area contributed by atoms with Crippen LogP contribution in [0.3, 0.4) is 0 Å². The molecule has 0 spiro atoms. The summed E-state index contributed by atoms with van der Waals surface area (Å²) >= 11 is 1.38. The van der Waals surface area contributed by atoms with Crippen molar-refractivity contribution in [1.82, 2.24) is 9.88 Å². The maximum Gasteiger partial charge on any atom is 0.274 e. The first-order chi connectivity index (χ1) is 11.1. The van der Waals surface area contributed by atoms with Gasteiger partial charge in [0, 0.05) is 17.6 Å². The van der Waals surface area contributed by atoms with Crippen LogP contribution < -0.4 is 5.32 Å². The lowest BCUT2D eigenvalue weighted by atomic mass is 10.2. The second-order valence-corrected chi connectivity index (χ2v) is 6.40. The van der Waals surface area contributed by atoms with Gasteiger partial charge in [-0.25, -0.2) is 0 Å². The third-order valence-electron chi connectivity index (χ3n) is 3.58. The Kier molecular flexibility index (Phi) is 4.20. The molecule has 2 aromatic heterocycles. The van der Waals surface area contributed by atoms with Gasteiger partial charge in [-0.3, -0.25) is 20.6 Å². The maximum atomic E-state index is 12.2. The van der Waals surface area contributed by atoms with Crippen molar-refractivity contribution in [3.05, 3.63) is 45.9 Å². The molecule has 0 aromatic carbocycles. The van der Waals surface area contributed by atoms with Crippen LogP contribution in [0, 0.1) is 17.7 Å². The average Bonchev–Trinajstić information content (AvgIpc) is 3.26. The van der Waals surface area contributed by atoms with Gasteiger partial charge in [-0.1, -0.05) is 0 Å². The first-order valence-corrected chi connectivity index (χ1v) is 8.17. The quantitative estimate of drug-likeness (QED) is 0.582. The van der Waals surface area contributed by atoms with Gasteiger partial charge in [0.25, 0.3) is 5.91 Å². The topological polar surface area (TPSA) is 92.9 Å². The van der Waals surface area contributed by atoms with Crippen LogP contribution >= 0.6 is 11.3 Å². The SMILES string of the molecule is Cc1ccnc(C(=O)Nc2csc(C(=N)N(C=N)C3CC3)c2)c1. The van der Waals surface area contributed by atoms with E-state index in [0.29, 0.717) is 17.2 Å². The molecule has 0 aliphatic heterocycles. The number of rotatable bonds is 5. The van der Waals surface area contributed by atoms with Crippen LogP contribution in [-0.2, 0) is 0 Å². The number of aryl methyl sites for hydroxylation is 1. The maximum absolute atomic E-state index is 12.2. The molecule has 0 radical (unpaired) electrons. The molecular formula is C16H17N5OS. The summed E-state index contributed by atoms with van der Waals surface area (Å²) in [6.07, 6.45) is 4.85. The third-order valence-corrected chi connectivity index (χ3v) is 4.51. The van der Waals surface area contributed by atoms with Crippen molar-refractivity contribution in [2.24, 2.45) is 0 Å². The van der Waals surface area contributed by atoms with Gasteiger partial charge in [0.1, 0.15) is 11.5 Å². The van der Waals surface area contributed by atoms with Crippen molar-refractivity contribution in [3.63, 3.8) is 0 Å². The van der Waals surface area contributed by atoms with Crippen molar-refractivity contribution in [2.75, 3.05) is 5.32 Å². The first-order valence-electron chi connectivity index (χ1n) is 7.29. The largest absolute Gasteiger partial charge is 0.320 e. The molecule has 0 unspecified atom stereocenters. The van der Waals surface area contributed by atoms with E-state index < -0.39 is 0 Å². The van der Waals surface area contributed by atoms with E-state index in [1.165, 1.54) is 17.7 Å². The van der Waals surface area contributed by atoms with E-state index >= 15 is 0 Å². The predicted octanol–water partition coefficient (Wildman–Crippen LogP) is 3.10. The highest BCUT2D eigenvalue weighted by Gasteiger charge is 2.30. The lowest BCUT2D eigenvalue weighted by molar-refractivity contribution is 0.102. The molecule has 1 aliphatic rings. The van der Waals surface area contributed by atoms with E-state index in [1.54, 1.807) is 28.6 Å². The van der Waals surface area contributed by atoms with Crippen molar-refractivity contribution < 1.29 is 4.79 Å². The monoisotopic (exact) mass is 327 g/mol. The number of carbonyl (C=O) groups excluding carboxylic acids is 1. The number of aromatic nitrogens is 1. The Morgan fingerprint density at radius 3 is 2.91 bits per heavy atom. The molecule has 0 bridgehead atoms. The number of pyridine rings is 1. The summed E-state index contributed by atoms with van der Waals surface area (Å²) in [5, 5.41) is 20.3. The zero-order chi connectivity index (χ0) is 16.4. The first kappa shape index (κ1) is 15.4. The number of hydrogen-bond acceptors (Lipinski definition) is 5. The molecule has 1 amide bonds. The Bertz CT molecular complexity index is 765. The summed E-state index contributed by atoms with van der Waals surface area (Å²) in [5.41, 5.74) is 1.99. The number of amidine groups is 1. The molecule has 0 atom stereocenters.